The molecule has 0 saturated carbocycles. The first kappa shape index (κ1) is 15.6. The molecule has 0 atom stereocenters. The molecule has 1 aromatic rings. The van der Waals surface area contributed by atoms with Crippen molar-refractivity contribution in [3.8, 4) is 0 Å². The molecule has 116 valence electrons. The predicted octanol–water partition coefficient (Wildman–Crippen LogP) is 2.58. The standard InChI is InChI=1S/C15H22FN3O2/c1-2-21-8-5-17-15(20)18-13-9-12(16)10-14(11-13)19-6-3-4-7-19/h9-11H,2-8H2,1H3,(H2,17,18,20). The largest absolute Gasteiger partial charge is 0.380 e. The molecule has 0 spiro atoms. The Kier molecular flexibility index (Phi) is 5.80. The maximum absolute atomic E-state index is 13.7. The maximum atomic E-state index is 13.7. The Morgan fingerprint density at radius 1 is 1.33 bits per heavy atom. The zero-order valence-electron chi connectivity index (χ0n) is 12.3. The third-order valence-corrected chi connectivity index (χ3v) is 3.35. The van der Waals surface area contributed by atoms with Gasteiger partial charge in [-0.1, -0.05) is 0 Å². The number of amides is 2. The van der Waals surface area contributed by atoms with Gasteiger partial charge in [-0.3, -0.25) is 0 Å². The minimum Gasteiger partial charge on any atom is -0.380 e. The van der Waals surface area contributed by atoms with E-state index in [2.05, 4.69) is 15.5 Å². The molecular weight excluding hydrogens is 273 g/mol. The predicted molar refractivity (Wildman–Crippen MR) is 81.4 cm³/mol. The SMILES string of the molecule is CCOCCNC(=O)Nc1cc(F)cc(N2CCCC2)c1. The molecule has 2 rings (SSSR count). The topological polar surface area (TPSA) is 53.6 Å². The number of anilines is 2. The molecule has 2 amide bonds. The van der Waals surface area contributed by atoms with E-state index in [0.717, 1.165) is 31.6 Å². The highest BCUT2D eigenvalue weighted by Crippen LogP contribution is 2.25. The highest BCUT2D eigenvalue weighted by Gasteiger charge is 2.14. The van der Waals surface area contributed by atoms with E-state index in [1.807, 2.05) is 6.92 Å². The second-order valence-electron chi connectivity index (χ2n) is 4.97. The van der Waals surface area contributed by atoms with E-state index < -0.39 is 0 Å². The van der Waals surface area contributed by atoms with Crippen molar-refractivity contribution in [2.75, 3.05) is 43.1 Å². The molecule has 1 fully saturated rings. The molecule has 0 aromatic heterocycles. The van der Waals surface area contributed by atoms with Crippen molar-refractivity contribution in [2.24, 2.45) is 0 Å². The van der Waals surface area contributed by atoms with E-state index >= 15 is 0 Å². The summed E-state index contributed by atoms with van der Waals surface area (Å²) >= 11 is 0. The summed E-state index contributed by atoms with van der Waals surface area (Å²) in [5.41, 5.74) is 1.28. The fraction of sp³-hybridized carbons (Fsp3) is 0.533. The van der Waals surface area contributed by atoms with Gasteiger partial charge in [-0.2, -0.15) is 0 Å². The molecule has 5 nitrogen and oxygen atoms in total. The van der Waals surface area contributed by atoms with Gasteiger partial charge in [0.2, 0.25) is 0 Å². The van der Waals surface area contributed by atoms with Gasteiger partial charge in [0.05, 0.1) is 6.61 Å². The summed E-state index contributed by atoms with van der Waals surface area (Å²) in [4.78, 5) is 13.8. The number of urea groups is 1. The van der Waals surface area contributed by atoms with Crippen LogP contribution in [0.25, 0.3) is 0 Å². The second-order valence-corrected chi connectivity index (χ2v) is 4.97. The van der Waals surface area contributed by atoms with Crippen LogP contribution in [0.5, 0.6) is 0 Å². The smallest absolute Gasteiger partial charge is 0.319 e. The van der Waals surface area contributed by atoms with Crippen LogP contribution in [-0.2, 0) is 4.74 Å². The van der Waals surface area contributed by atoms with Crippen LogP contribution >= 0.6 is 0 Å². The lowest BCUT2D eigenvalue weighted by Crippen LogP contribution is -2.31. The Morgan fingerprint density at radius 3 is 2.81 bits per heavy atom. The van der Waals surface area contributed by atoms with Gasteiger partial charge in [0, 0.05) is 37.6 Å². The summed E-state index contributed by atoms with van der Waals surface area (Å²) in [6.07, 6.45) is 2.24. The van der Waals surface area contributed by atoms with Crippen LogP contribution in [0.15, 0.2) is 18.2 Å². The van der Waals surface area contributed by atoms with Gasteiger partial charge in [-0.15, -0.1) is 0 Å². The number of benzene rings is 1. The van der Waals surface area contributed by atoms with Crippen LogP contribution in [-0.4, -0.2) is 38.9 Å². The highest BCUT2D eigenvalue weighted by molar-refractivity contribution is 5.89. The van der Waals surface area contributed by atoms with E-state index in [-0.39, 0.29) is 11.8 Å². The molecule has 1 saturated heterocycles. The van der Waals surface area contributed by atoms with Gasteiger partial charge in [-0.05, 0) is 38.0 Å². The van der Waals surface area contributed by atoms with Crippen LogP contribution in [0.4, 0.5) is 20.6 Å². The lowest BCUT2D eigenvalue weighted by molar-refractivity contribution is 0.150. The van der Waals surface area contributed by atoms with Gasteiger partial charge in [0.1, 0.15) is 5.82 Å². The zero-order valence-corrected chi connectivity index (χ0v) is 12.3. The third-order valence-electron chi connectivity index (χ3n) is 3.35. The highest BCUT2D eigenvalue weighted by atomic mass is 19.1. The van der Waals surface area contributed by atoms with Crippen LogP contribution in [0.1, 0.15) is 19.8 Å². The fourth-order valence-electron chi connectivity index (χ4n) is 2.36. The minimum atomic E-state index is -0.354. The molecule has 1 aliphatic heterocycles. The van der Waals surface area contributed by atoms with Crippen molar-refractivity contribution < 1.29 is 13.9 Å². The molecule has 2 N–H and O–H groups in total. The summed E-state index contributed by atoms with van der Waals surface area (Å²) in [7, 11) is 0. The molecule has 0 aliphatic carbocycles. The molecule has 0 radical (unpaired) electrons. The van der Waals surface area contributed by atoms with E-state index in [9.17, 15) is 9.18 Å². The third kappa shape index (κ3) is 4.90. The van der Waals surface area contributed by atoms with Crippen LogP contribution in [0.3, 0.4) is 0 Å². The molecule has 0 unspecified atom stereocenters. The molecule has 1 aromatic carbocycles. The van der Waals surface area contributed by atoms with Crippen molar-refractivity contribution in [1.82, 2.24) is 5.32 Å². The second kappa shape index (κ2) is 7.83. The number of rotatable bonds is 6. The first-order valence-corrected chi connectivity index (χ1v) is 7.37. The quantitative estimate of drug-likeness (QED) is 0.793. The zero-order chi connectivity index (χ0) is 15.1. The van der Waals surface area contributed by atoms with Gasteiger partial charge in [-0.25, -0.2) is 9.18 Å². The van der Waals surface area contributed by atoms with Crippen LogP contribution in [0.2, 0.25) is 0 Å². The summed E-state index contributed by atoms with van der Waals surface area (Å²) < 4.78 is 18.8. The van der Waals surface area contributed by atoms with Gasteiger partial charge in [0.25, 0.3) is 0 Å². The number of carbonyl (C=O) groups excluding carboxylic acids is 1. The van der Waals surface area contributed by atoms with Crippen molar-refractivity contribution in [2.45, 2.75) is 19.8 Å². The number of ether oxygens (including phenoxy) is 1. The molecular formula is C15H22FN3O2. The summed E-state index contributed by atoms with van der Waals surface area (Å²) in [6, 6.07) is 4.27. The monoisotopic (exact) mass is 295 g/mol. The molecule has 21 heavy (non-hydrogen) atoms. The van der Waals surface area contributed by atoms with Crippen molar-refractivity contribution in [3.63, 3.8) is 0 Å². The number of hydrogen-bond acceptors (Lipinski definition) is 3. The lowest BCUT2D eigenvalue weighted by Gasteiger charge is -2.19. The Labute approximate surface area is 124 Å². The molecule has 1 heterocycles. The molecule has 0 bridgehead atoms. The average Bonchev–Trinajstić information content (AvgIpc) is 2.97. The number of carbonyl (C=O) groups is 1. The minimum absolute atomic E-state index is 0.344. The molecule has 1 aliphatic rings. The normalized spacial score (nSPS) is 14.3. The van der Waals surface area contributed by atoms with E-state index in [4.69, 9.17) is 4.74 Å². The van der Waals surface area contributed by atoms with Crippen LogP contribution < -0.4 is 15.5 Å². The Hall–Kier alpha value is -1.82. The Balaban J connectivity index is 1.91. The van der Waals surface area contributed by atoms with Gasteiger partial charge < -0.3 is 20.3 Å². The summed E-state index contributed by atoms with van der Waals surface area (Å²) in [5.74, 6) is -0.344. The maximum Gasteiger partial charge on any atom is 0.319 e. The number of halogens is 1. The number of nitrogens with zero attached hydrogens (tertiary/aromatic N) is 1. The van der Waals surface area contributed by atoms with E-state index in [1.165, 1.54) is 12.1 Å². The Morgan fingerprint density at radius 2 is 2.10 bits per heavy atom. The first-order valence-electron chi connectivity index (χ1n) is 7.37. The summed E-state index contributed by atoms with van der Waals surface area (Å²) in [6.45, 7) is 5.27. The number of nitrogens with one attached hydrogen (secondary N) is 2. The fourth-order valence-corrected chi connectivity index (χ4v) is 2.36. The first-order chi connectivity index (χ1) is 10.2. The van der Waals surface area contributed by atoms with E-state index in [1.54, 1.807) is 6.07 Å². The van der Waals surface area contributed by atoms with Crippen molar-refractivity contribution in [1.29, 1.82) is 0 Å². The van der Waals surface area contributed by atoms with Gasteiger partial charge in [0.15, 0.2) is 0 Å². The molecule has 6 heteroatoms. The van der Waals surface area contributed by atoms with Crippen molar-refractivity contribution >= 4 is 17.4 Å². The van der Waals surface area contributed by atoms with Gasteiger partial charge >= 0.3 is 6.03 Å². The van der Waals surface area contributed by atoms with Crippen molar-refractivity contribution in [3.05, 3.63) is 24.0 Å². The number of hydrogen-bond donors (Lipinski definition) is 2. The Bertz CT molecular complexity index is 476. The lowest BCUT2D eigenvalue weighted by atomic mass is 10.2. The average molecular weight is 295 g/mol. The summed E-state index contributed by atoms with van der Waals surface area (Å²) in [5, 5.41) is 5.31. The van der Waals surface area contributed by atoms with E-state index in [0.29, 0.717) is 25.4 Å². The van der Waals surface area contributed by atoms with Crippen LogP contribution in [0, 0.1) is 5.82 Å².